The van der Waals surface area contributed by atoms with Gasteiger partial charge in [-0.3, -0.25) is 9.69 Å². The fraction of sp³-hybridized carbons (Fsp3) is 0.562. The number of nitrogens with zero attached hydrogens (tertiary/aromatic N) is 1. The standard InChI is InChI=1S/C16H23NO5/c1-13(18)22-16-12-14(4-5-15(16)19-2)21-9-3-6-17-7-10-20-11-8-17/h4-5,12H,3,6-11H2,1-2H3. The predicted molar refractivity (Wildman–Crippen MR) is 81.7 cm³/mol. The SMILES string of the molecule is COc1ccc(OCCCN2CCOCC2)cc1OC(C)=O. The third-order valence-corrected chi connectivity index (χ3v) is 3.38. The number of methoxy groups -OCH3 is 1. The lowest BCUT2D eigenvalue weighted by Crippen LogP contribution is -2.37. The van der Waals surface area contributed by atoms with Gasteiger partial charge in [0.15, 0.2) is 11.5 Å². The number of hydrogen-bond donors (Lipinski definition) is 0. The first-order valence-electron chi connectivity index (χ1n) is 7.48. The van der Waals surface area contributed by atoms with E-state index in [1.807, 2.05) is 0 Å². The smallest absolute Gasteiger partial charge is 0.308 e. The summed E-state index contributed by atoms with van der Waals surface area (Å²) in [5.74, 6) is 1.17. The Morgan fingerprint density at radius 1 is 1.27 bits per heavy atom. The first-order valence-corrected chi connectivity index (χ1v) is 7.48. The summed E-state index contributed by atoms with van der Waals surface area (Å²) in [5, 5.41) is 0. The Labute approximate surface area is 130 Å². The Bertz CT molecular complexity index is 485. The maximum atomic E-state index is 11.1. The molecule has 22 heavy (non-hydrogen) atoms. The molecule has 1 aromatic rings. The fourth-order valence-corrected chi connectivity index (χ4v) is 2.28. The van der Waals surface area contributed by atoms with Crippen LogP contribution in [-0.2, 0) is 9.53 Å². The van der Waals surface area contributed by atoms with Gasteiger partial charge in [0.05, 0.1) is 26.9 Å². The van der Waals surface area contributed by atoms with Crippen molar-refractivity contribution in [3.05, 3.63) is 18.2 Å². The van der Waals surface area contributed by atoms with Crippen LogP contribution in [0.2, 0.25) is 0 Å². The van der Waals surface area contributed by atoms with E-state index in [4.69, 9.17) is 18.9 Å². The summed E-state index contributed by atoms with van der Waals surface area (Å²) in [4.78, 5) is 13.5. The molecule has 0 amide bonds. The van der Waals surface area contributed by atoms with Crippen molar-refractivity contribution in [1.82, 2.24) is 4.90 Å². The number of esters is 1. The van der Waals surface area contributed by atoms with Gasteiger partial charge in [-0.25, -0.2) is 0 Å². The average molecular weight is 309 g/mol. The topological polar surface area (TPSA) is 57.2 Å². The molecule has 0 atom stereocenters. The molecule has 1 aliphatic rings. The van der Waals surface area contributed by atoms with Crippen molar-refractivity contribution in [2.75, 3.05) is 46.6 Å². The summed E-state index contributed by atoms with van der Waals surface area (Å²) in [6, 6.07) is 5.21. The van der Waals surface area contributed by atoms with E-state index in [1.165, 1.54) is 14.0 Å². The Kier molecular flexibility index (Phi) is 6.48. The molecule has 0 bridgehead atoms. The first kappa shape index (κ1) is 16.6. The minimum Gasteiger partial charge on any atom is -0.493 e. The highest BCUT2D eigenvalue weighted by Gasteiger charge is 2.11. The number of benzene rings is 1. The van der Waals surface area contributed by atoms with Crippen LogP contribution in [0.25, 0.3) is 0 Å². The average Bonchev–Trinajstić information content (AvgIpc) is 2.52. The molecule has 6 heteroatoms. The van der Waals surface area contributed by atoms with Crippen LogP contribution in [0.5, 0.6) is 17.2 Å². The monoisotopic (exact) mass is 309 g/mol. The normalized spacial score (nSPS) is 15.4. The molecule has 1 fully saturated rings. The Morgan fingerprint density at radius 3 is 2.73 bits per heavy atom. The second-order valence-corrected chi connectivity index (χ2v) is 5.06. The van der Waals surface area contributed by atoms with Crippen molar-refractivity contribution < 1.29 is 23.7 Å². The maximum Gasteiger partial charge on any atom is 0.308 e. The number of rotatable bonds is 7. The van der Waals surface area contributed by atoms with E-state index in [2.05, 4.69) is 4.90 Å². The molecule has 1 aliphatic heterocycles. The van der Waals surface area contributed by atoms with E-state index < -0.39 is 0 Å². The molecular formula is C16H23NO5. The van der Waals surface area contributed by atoms with E-state index >= 15 is 0 Å². The van der Waals surface area contributed by atoms with E-state index in [1.54, 1.807) is 18.2 Å². The largest absolute Gasteiger partial charge is 0.493 e. The zero-order valence-corrected chi connectivity index (χ0v) is 13.2. The van der Waals surface area contributed by atoms with Crippen molar-refractivity contribution in [1.29, 1.82) is 0 Å². The molecule has 0 aromatic heterocycles. The van der Waals surface area contributed by atoms with Crippen molar-refractivity contribution >= 4 is 5.97 Å². The van der Waals surface area contributed by atoms with Crippen LogP contribution in [0, 0.1) is 0 Å². The molecule has 1 saturated heterocycles. The van der Waals surface area contributed by atoms with Crippen molar-refractivity contribution in [2.24, 2.45) is 0 Å². The summed E-state index contributed by atoms with van der Waals surface area (Å²) in [6.07, 6.45) is 0.939. The summed E-state index contributed by atoms with van der Waals surface area (Å²) >= 11 is 0. The second kappa shape index (κ2) is 8.60. The van der Waals surface area contributed by atoms with Gasteiger partial charge in [0.1, 0.15) is 5.75 Å². The Hall–Kier alpha value is -1.79. The molecule has 0 aliphatic carbocycles. The third-order valence-electron chi connectivity index (χ3n) is 3.38. The molecule has 6 nitrogen and oxygen atoms in total. The third kappa shape index (κ3) is 5.20. The molecule has 0 spiro atoms. The fourth-order valence-electron chi connectivity index (χ4n) is 2.28. The van der Waals surface area contributed by atoms with E-state index in [0.717, 1.165) is 39.3 Å². The van der Waals surface area contributed by atoms with Gasteiger partial charge in [0, 0.05) is 32.6 Å². The lowest BCUT2D eigenvalue weighted by Gasteiger charge is -2.26. The van der Waals surface area contributed by atoms with Crippen molar-refractivity contribution in [3.8, 4) is 17.2 Å². The maximum absolute atomic E-state index is 11.1. The number of hydrogen-bond acceptors (Lipinski definition) is 6. The predicted octanol–water partition coefficient (Wildman–Crippen LogP) is 1.72. The Morgan fingerprint density at radius 2 is 2.05 bits per heavy atom. The van der Waals surface area contributed by atoms with Crippen LogP contribution in [0.3, 0.4) is 0 Å². The van der Waals surface area contributed by atoms with Crippen LogP contribution < -0.4 is 14.2 Å². The van der Waals surface area contributed by atoms with E-state index in [-0.39, 0.29) is 5.97 Å². The zero-order chi connectivity index (χ0) is 15.8. The van der Waals surface area contributed by atoms with Gasteiger partial charge in [-0.05, 0) is 18.6 Å². The second-order valence-electron chi connectivity index (χ2n) is 5.06. The van der Waals surface area contributed by atoms with Gasteiger partial charge in [-0.15, -0.1) is 0 Å². The molecule has 1 heterocycles. The molecular weight excluding hydrogens is 286 g/mol. The summed E-state index contributed by atoms with van der Waals surface area (Å²) < 4.78 is 21.3. The number of carbonyl (C=O) groups is 1. The number of morpholine rings is 1. The van der Waals surface area contributed by atoms with Crippen LogP contribution in [0.4, 0.5) is 0 Å². The van der Waals surface area contributed by atoms with Gasteiger partial charge in [-0.1, -0.05) is 0 Å². The highest BCUT2D eigenvalue weighted by Crippen LogP contribution is 2.31. The van der Waals surface area contributed by atoms with Gasteiger partial charge in [0.25, 0.3) is 0 Å². The molecule has 0 saturated carbocycles. The quantitative estimate of drug-likeness (QED) is 0.434. The van der Waals surface area contributed by atoms with Gasteiger partial charge in [0.2, 0.25) is 0 Å². The molecule has 0 radical (unpaired) electrons. The van der Waals surface area contributed by atoms with E-state index in [0.29, 0.717) is 23.9 Å². The first-order chi connectivity index (χ1) is 10.7. The lowest BCUT2D eigenvalue weighted by molar-refractivity contribution is -0.132. The highest BCUT2D eigenvalue weighted by molar-refractivity contribution is 5.70. The van der Waals surface area contributed by atoms with Gasteiger partial charge >= 0.3 is 5.97 Å². The van der Waals surface area contributed by atoms with Crippen molar-refractivity contribution in [2.45, 2.75) is 13.3 Å². The molecule has 1 aromatic carbocycles. The molecule has 122 valence electrons. The van der Waals surface area contributed by atoms with Gasteiger partial charge in [-0.2, -0.15) is 0 Å². The minimum atomic E-state index is -0.386. The number of carbonyl (C=O) groups excluding carboxylic acids is 1. The lowest BCUT2D eigenvalue weighted by atomic mass is 10.3. The molecule has 2 rings (SSSR count). The highest BCUT2D eigenvalue weighted by atomic mass is 16.6. The molecule has 0 unspecified atom stereocenters. The van der Waals surface area contributed by atoms with Crippen LogP contribution in [-0.4, -0.2) is 57.4 Å². The summed E-state index contributed by atoms with van der Waals surface area (Å²) in [6.45, 7) is 6.56. The van der Waals surface area contributed by atoms with Gasteiger partial charge < -0.3 is 18.9 Å². The van der Waals surface area contributed by atoms with Crippen molar-refractivity contribution in [3.63, 3.8) is 0 Å². The summed E-state index contributed by atoms with van der Waals surface area (Å²) in [7, 11) is 1.53. The Balaban J connectivity index is 1.80. The van der Waals surface area contributed by atoms with Crippen LogP contribution in [0.1, 0.15) is 13.3 Å². The zero-order valence-electron chi connectivity index (χ0n) is 13.2. The van der Waals surface area contributed by atoms with Crippen LogP contribution in [0.15, 0.2) is 18.2 Å². The molecule has 0 N–H and O–H groups in total. The minimum absolute atomic E-state index is 0.376. The number of ether oxygens (including phenoxy) is 4. The summed E-state index contributed by atoms with van der Waals surface area (Å²) in [5.41, 5.74) is 0. The van der Waals surface area contributed by atoms with E-state index in [9.17, 15) is 4.79 Å². The van der Waals surface area contributed by atoms with Crippen LogP contribution >= 0.6 is 0 Å².